The van der Waals surface area contributed by atoms with Crippen LogP contribution in [-0.4, -0.2) is 29.5 Å². The van der Waals surface area contributed by atoms with Gasteiger partial charge in [0, 0.05) is 16.8 Å². The molecule has 1 unspecified atom stereocenters. The first-order chi connectivity index (χ1) is 14.4. The molecule has 0 saturated heterocycles. The van der Waals surface area contributed by atoms with Crippen LogP contribution in [0.5, 0.6) is 11.5 Å². The van der Waals surface area contributed by atoms with Crippen molar-refractivity contribution < 1.29 is 19.2 Å². The molecule has 156 valence electrons. The minimum absolute atomic E-state index is 0.205. The monoisotopic (exact) mass is 427 g/mol. The highest BCUT2D eigenvalue weighted by Crippen LogP contribution is 2.41. The number of thiocarbonyl (C=S) groups is 1. The molecule has 0 bridgehead atoms. The van der Waals surface area contributed by atoms with Crippen molar-refractivity contribution in [1.82, 2.24) is 10.6 Å². The van der Waals surface area contributed by atoms with Crippen LogP contribution in [0.1, 0.15) is 35.8 Å². The Hall–Kier alpha value is -3.46. The summed E-state index contributed by atoms with van der Waals surface area (Å²) in [7, 11) is 1.41. The van der Waals surface area contributed by atoms with Crippen LogP contribution in [0.15, 0.2) is 53.7 Å². The van der Waals surface area contributed by atoms with Crippen molar-refractivity contribution in [3.63, 3.8) is 0 Å². The van der Waals surface area contributed by atoms with Crippen LogP contribution in [0.3, 0.4) is 0 Å². The van der Waals surface area contributed by atoms with Gasteiger partial charge in [-0.25, -0.2) is 0 Å². The van der Waals surface area contributed by atoms with Crippen LogP contribution in [0.25, 0.3) is 0 Å². The number of allylic oxidation sites excluding steroid dienone is 1. The Balaban J connectivity index is 2.21. The predicted molar refractivity (Wildman–Crippen MR) is 116 cm³/mol. The minimum Gasteiger partial charge on any atom is -0.493 e. The molecule has 30 heavy (non-hydrogen) atoms. The summed E-state index contributed by atoms with van der Waals surface area (Å²) in [6.45, 7) is 3.86. The quantitative estimate of drug-likeness (QED) is 0.299. The first kappa shape index (κ1) is 21.3. The third-order valence-electron chi connectivity index (χ3n) is 4.67. The van der Waals surface area contributed by atoms with Crippen LogP contribution in [-0.2, 0) is 0 Å². The summed E-state index contributed by atoms with van der Waals surface area (Å²) in [6.07, 6.45) is 0. The number of rotatable bonds is 7. The van der Waals surface area contributed by atoms with Crippen LogP contribution in [0.4, 0.5) is 5.69 Å². The molecule has 2 aromatic rings. The highest BCUT2D eigenvalue weighted by molar-refractivity contribution is 7.80. The number of nitrogens with one attached hydrogen (secondary N) is 2. The molecule has 1 atom stereocenters. The average Bonchev–Trinajstić information content (AvgIpc) is 2.73. The highest BCUT2D eigenvalue weighted by atomic mass is 32.1. The standard InChI is InChI=1S/C21H21N3O5S/c1-4-29-17-10-14(15(24(26)27)11-16(17)28-3)19-18(12(2)22-21(30)23-19)20(25)13-8-6-5-7-9-13/h5-11,19H,4H2,1-3H3,(H2,22,23,30). The summed E-state index contributed by atoms with van der Waals surface area (Å²) < 4.78 is 10.9. The summed E-state index contributed by atoms with van der Waals surface area (Å²) >= 11 is 5.26. The number of nitro groups is 1. The van der Waals surface area contributed by atoms with E-state index >= 15 is 0 Å². The second kappa shape index (κ2) is 8.91. The van der Waals surface area contributed by atoms with Crippen LogP contribution >= 0.6 is 12.2 Å². The lowest BCUT2D eigenvalue weighted by Crippen LogP contribution is -2.45. The normalized spacial score (nSPS) is 15.8. The number of carbonyl (C=O) groups excluding carboxylic acids is 1. The summed E-state index contributed by atoms with van der Waals surface area (Å²) in [5.41, 5.74) is 1.39. The molecule has 0 fully saturated rings. The van der Waals surface area contributed by atoms with Crippen LogP contribution in [0.2, 0.25) is 0 Å². The van der Waals surface area contributed by atoms with E-state index in [4.69, 9.17) is 21.7 Å². The van der Waals surface area contributed by atoms with Crippen molar-refractivity contribution in [1.29, 1.82) is 0 Å². The Morgan fingerprint density at radius 3 is 2.53 bits per heavy atom. The zero-order valence-corrected chi connectivity index (χ0v) is 17.5. The molecule has 1 aliphatic heterocycles. The molecule has 3 rings (SSSR count). The fourth-order valence-electron chi connectivity index (χ4n) is 3.36. The van der Waals surface area contributed by atoms with Gasteiger partial charge in [0.1, 0.15) is 0 Å². The van der Waals surface area contributed by atoms with Gasteiger partial charge in [-0.15, -0.1) is 0 Å². The van der Waals surface area contributed by atoms with Gasteiger partial charge in [-0.05, 0) is 32.1 Å². The molecule has 1 aliphatic rings. The van der Waals surface area contributed by atoms with Crippen molar-refractivity contribution >= 4 is 28.8 Å². The molecule has 0 saturated carbocycles. The van der Waals surface area contributed by atoms with E-state index in [-0.39, 0.29) is 27.9 Å². The van der Waals surface area contributed by atoms with Crippen molar-refractivity contribution in [2.24, 2.45) is 0 Å². The number of hydrogen-bond donors (Lipinski definition) is 2. The van der Waals surface area contributed by atoms with Crippen molar-refractivity contribution in [3.8, 4) is 11.5 Å². The zero-order chi connectivity index (χ0) is 21.8. The van der Waals surface area contributed by atoms with E-state index in [0.29, 0.717) is 29.2 Å². The SMILES string of the molecule is CCOc1cc(C2NC(=S)NC(C)=C2C(=O)c2ccccc2)c([N+](=O)[O-])cc1OC. The second-order valence-corrected chi connectivity index (χ2v) is 6.93. The number of Topliss-reactive ketones (excluding diaryl/α,β-unsaturated/α-hetero) is 1. The van der Waals surface area contributed by atoms with E-state index in [0.717, 1.165) is 0 Å². The number of ether oxygens (including phenoxy) is 2. The molecular weight excluding hydrogens is 406 g/mol. The first-order valence-electron chi connectivity index (χ1n) is 9.24. The van der Waals surface area contributed by atoms with Gasteiger partial charge in [0.15, 0.2) is 22.4 Å². The van der Waals surface area contributed by atoms with Gasteiger partial charge in [0.25, 0.3) is 5.69 Å². The number of hydrogen-bond acceptors (Lipinski definition) is 6. The van der Waals surface area contributed by atoms with E-state index in [1.54, 1.807) is 38.1 Å². The smallest absolute Gasteiger partial charge is 0.279 e. The average molecular weight is 427 g/mol. The van der Waals surface area contributed by atoms with Crippen molar-refractivity contribution in [3.05, 3.63) is 75.0 Å². The summed E-state index contributed by atoms with van der Waals surface area (Å²) in [4.78, 5) is 24.6. The van der Waals surface area contributed by atoms with E-state index in [2.05, 4.69) is 10.6 Å². The summed E-state index contributed by atoms with van der Waals surface area (Å²) in [5, 5.41) is 18.1. The second-order valence-electron chi connectivity index (χ2n) is 6.52. The van der Waals surface area contributed by atoms with Crippen molar-refractivity contribution in [2.45, 2.75) is 19.9 Å². The molecular formula is C21H21N3O5S. The molecule has 1 heterocycles. The Morgan fingerprint density at radius 1 is 1.23 bits per heavy atom. The Labute approximate surface area is 179 Å². The molecule has 2 aromatic carbocycles. The number of benzene rings is 2. The Bertz CT molecular complexity index is 1040. The molecule has 2 N–H and O–H groups in total. The molecule has 8 nitrogen and oxygen atoms in total. The zero-order valence-electron chi connectivity index (χ0n) is 16.7. The predicted octanol–water partition coefficient (Wildman–Crippen LogP) is 3.68. The molecule has 0 radical (unpaired) electrons. The molecule has 0 aromatic heterocycles. The van der Waals surface area contributed by atoms with E-state index in [1.165, 1.54) is 19.2 Å². The van der Waals surface area contributed by atoms with E-state index < -0.39 is 11.0 Å². The fraction of sp³-hybridized carbons (Fsp3) is 0.238. The maximum atomic E-state index is 13.3. The third kappa shape index (κ3) is 4.11. The molecule has 0 aliphatic carbocycles. The number of carbonyl (C=O) groups is 1. The third-order valence-corrected chi connectivity index (χ3v) is 4.89. The minimum atomic E-state index is -0.836. The van der Waals surface area contributed by atoms with Gasteiger partial charge in [-0.3, -0.25) is 14.9 Å². The van der Waals surface area contributed by atoms with Crippen molar-refractivity contribution in [2.75, 3.05) is 13.7 Å². The molecule has 0 spiro atoms. The lowest BCUT2D eigenvalue weighted by atomic mass is 9.88. The maximum absolute atomic E-state index is 13.3. The number of nitro benzene ring substituents is 1. The van der Waals surface area contributed by atoms with Crippen LogP contribution < -0.4 is 20.1 Å². The van der Waals surface area contributed by atoms with Gasteiger partial charge in [-0.1, -0.05) is 30.3 Å². The largest absolute Gasteiger partial charge is 0.493 e. The van der Waals surface area contributed by atoms with Crippen LogP contribution in [0, 0.1) is 10.1 Å². The highest BCUT2D eigenvalue weighted by Gasteiger charge is 2.35. The van der Waals surface area contributed by atoms with E-state index in [1.807, 2.05) is 6.07 Å². The van der Waals surface area contributed by atoms with Gasteiger partial charge in [0.05, 0.1) is 36.3 Å². The first-order valence-corrected chi connectivity index (χ1v) is 9.65. The molecule has 9 heteroatoms. The summed E-state index contributed by atoms with van der Waals surface area (Å²) in [5.74, 6) is 0.320. The number of nitrogens with zero attached hydrogens (tertiary/aromatic N) is 1. The van der Waals surface area contributed by atoms with Gasteiger partial charge < -0.3 is 20.1 Å². The Kier molecular flexibility index (Phi) is 6.31. The molecule has 0 amide bonds. The number of methoxy groups -OCH3 is 1. The topological polar surface area (TPSA) is 103 Å². The lowest BCUT2D eigenvalue weighted by Gasteiger charge is -2.30. The lowest BCUT2D eigenvalue weighted by molar-refractivity contribution is -0.385. The van der Waals surface area contributed by atoms with Gasteiger partial charge >= 0.3 is 0 Å². The van der Waals surface area contributed by atoms with Gasteiger partial charge in [-0.2, -0.15) is 0 Å². The maximum Gasteiger partial charge on any atom is 0.279 e. The number of ketones is 1. The van der Waals surface area contributed by atoms with E-state index in [9.17, 15) is 14.9 Å². The summed E-state index contributed by atoms with van der Waals surface area (Å²) in [6, 6.07) is 10.7. The van der Waals surface area contributed by atoms with Gasteiger partial charge in [0.2, 0.25) is 0 Å². The Morgan fingerprint density at radius 2 is 1.93 bits per heavy atom. The fourth-order valence-corrected chi connectivity index (χ4v) is 3.63.